The van der Waals surface area contributed by atoms with Crippen molar-refractivity contribution in [2.24, 2.45) is 0 Å². The minimum atomic E-state index is -0.000926. The van der Waals surface area contributed by atoms with Crippen LogP contribution in [0.15, 0.2) is 16.7 Å². The number of aromatic nitrogens is 2. The van der Waals surface area contributed by atoms with Crippen LogP contribution in [-0.2, 0) is 6.54 Å². The van der Waals surface area contributed by atoms with Gasteiger partial charge in [-0.15, -0.1) is 0 Å². The highest BCUT2D eigenvalue weighted by Crippen LogP contribution is 2.31. The van der Waals surface area contributed by atoms with Crippen LogP contribution in [0, 0.1) is 13.8 Å². The Morgan fingerprint density at radius 3 is 2.74 bits per heavy atom. The average Bonchev–Trinajstić information content (AvgIpc) is 2.87. The molecular formula is C14H20ClN3O. The topological polar surface area (TPSA) is 43.0 Å². The molecule has 104 valence electrons. The van der Waals surface area contributed by atoms with Gasteiger partial charge in [0, 0.05) is 12.1 Å². The van der Waals surface area contributed by atoms with Gasteiger partial charge in [-0.05, 0) is 33.4 Å². The summed E-state index contributed by atoms with van der Waals surface area (Å²) in [7, 11) is 1.92. The number of hydrogen-bond donors (Lipinski definition) is 1. The maximum atomic E-state index is 6.31. The molecule has 0 aliphatic carbocycles. The Labute approximate surface area is 118 Å². The number of aryl methyl sites for hydroxylation is 3. The molecule has 4 nitrogen and oxygen atoms in total. The molecule has 1 atom stereocenters. The quantitative estimate of drug-likeness (QED) is 0.913. The Morgan fingerprint density at radius 2 is 2.21 bits per heavy atom. The molecule has 0 spiro atoms. The molecule has 1 unspecified atom stereocenters. The van der Waals surface area contributed by atoms with Gasteiger partial charge in [0.1, 0.15) is 11.5 Å². The molecule has 0 bridgehead atoms. The normalized spacial score (nSPS) is 12.9. The molecular weight excluding hydrogens is 262 g/mol. The number of nitrogens with one attached hydrogen (secondary N) is 1. The smallest absolute Gasteiger partial charge is 0.106 e. The van der Waals surface area contributed by atoms with Gasteiger partial charge in [0.2, 0.25) is 0 Å². The van der Waals surface area contributed by atoms with Crippen LogP contribution in [0.25, 0.3) is 0 Å². The van der Waals surface area contributed by atoms with Crippen molar-refractivity contribution in [2.45, 2.75) is 39.8 Å². The van der Waals surface area contributed by atoms with Gasteiger partial charge in [-0.3, -0.25) is 4.68 Å². The van der Waals surface area contributed by atoms with Crippen molar-refractivity contribution in [2.75, 3.05) is 7.05 Å². The van der Waals surface area contributed by atoms with E-state index in [0.717, 1.165) is 35.7 Å². The summed E-state index contributed by atoms with van der Waals surface area (Å²) in [5.74, 6) is 1.82. The van der Waals surface area contributed by atoms with E-state index in [4.69, 9.17) is 16.0 Å². The predicted octanol–water partition coefficient (Wildman–Crippen LogP) is 3.47. The molecule has 19 heavy (non-hydrogen) atoms. The van der Waals surface area contributed by atoms with Crippen LogP contribution < -0.4 is 5.32 Å². The highest BCUT2D eigenvalue weighted by Gasteiger charge is 2.24. The Balaban J connectivity index is 2.47. The van der Waals surface area contributed by atoms with E-state index >= 15 is 0 Å². The molecule has 2 aromatic rings. The molecule has 0 aliphatic heterocycles. The van der Waals surface area contributed by atoms with E-state index in [1.54, 1.807) is 6.20 Å². The summed E-state index contributed by atoms with van der Waals surface area (Å²) in [6.45, 7) is 6.91. The van der Waals surface area contributed by atoms with Crippen molar-refractivity contribution in [3.8, 4) is 0 Å². The molecule has 0 aromatic carbocycles. The van der Waals surface area contributed by atoms with Gasteiger partial charge in [-0.2, -0.15) is 5.10 Å². The average molecular weight is 282 g/mol. The first-order valence-electron chi connectivity index (χ1n) is 6.53. The lowest BCUT2D eigenvalue weighted by Crippen LogP contribution is -2.22. The maximum Gasteiger partial charge on any atom is 0.106 e. The summed E-state index contributed by atoms with van der Waals surface area (Å²) < 4.78 is 7.59. The van der Waals surface area contributed by atoms with Crippen LogP contribution >= 0.6 is 11.6 Å². The third kappa shape index (κ3) is 2.69. The zero-order valence-corrected chi connectivity index (χ0v) is 12.6. The second-order valence-electron chi connectivity index (χ2n) is 4.69. The van der Waals surface area contributed by atoms with Crippen molar-refractivity contribution in [1.29, 1.82) is 0 Å². The number of furan rings is 1. The van der Waals surface area contributed by atoms with Gasteiger partial charge in [0.25, 0.3) is 0 Å². The number of halogens is 1. The van der Waals surface area contributed by atoms with Crippen molar-refractivity contribution in [3.63, 3.8) is 0 Å². The molecule has 2 aromatic heterocycles. The van der Waals surface area contributed by atoms with Gasteiger partial charge >= 0.3 is 0 Å². The number of rotatable bonds is 5. The summed E-state index contributed by atoms with van der Waals surface area (Å²) >= 11 is 6.31. The lowest BCUT2D eigenvalue weighted by molar-refractivity contribution is 0.490. The lowest BCUT2D eigenvalue weighted by Gasteiger charge is -2.18. The molecule has 1 N–H and O–H groups in total. The second kappa shape index (κ2) is 5.80. The first-order chi connectivity index (χ1) is 9.08. The predicted molar refractivity (Wildman–Crippen MR) is 76.6 cm³/mol. The molecule has 0 radical (unpaired) electrons. The van der Waals surface area contributed by atoms with Crippen LogP contribution in [0.1, 0.15) is 42.2 Å². The Hall–Kier alpha value is -1.26. The molecule has 0 aliphatic rings. The zero-order chi connectivity index (χ0) is 14.0. The van der Waals surface area contributed by atoms with Gasteiger partial charge in [-0.25, -0.2) is 0 Å². The van der Waals surface area contributed by atoms with E-state index < -0.39 is 0 Å². The fourth-order valence-corrected chi connectivity index (χ4v) is 2.68. The first kappa shape index (κ1) is 14.2. The molecule has 0 fully saturated rings. The van der Waals surface area contributed by atoms with Crippen molar-refractivity contribution < 1.29 is 4.42 Å². The maximum absolute atomic E-state index is 6.31. The largest absolute Gasteiger partial charge is 0.466 e. The Bertz CT molecular complexity index is 559. The van der Waals surface area contributed by atoms with Gasteiger partial charge in [0.05, 0.1) is 23.0 Å². The Morgan fingerprint density at radius 1 is 1.47 bits per heavy atom. The van der Waals surface area contributed by atoms with Crippen LogP contribution in [-0.4, -0.2) is 16.8 Å². The first-order valence-corrected chi connectivity index (χ1v) is 6.91. The summed E-state index contributed by atoms with van der Waals surface area (Å²) in [6.07, 6.45) is 2.73. The molecule has 5 heteroatoms. The van der Waals surface area contributed by atoms with E-state index in [1.165, 1.54) is 0 Å². The monoisotopic (exact) mass is 281 g/mol. The standard InChI is InChI=1S/C14H20ClN3O/c1-5-6-18-14(12(15)8-17-18)13(16-4)11-7-9(2)19-10(11)3/h7-8,13,16H,5-6H2,1-4H3. The van der Waals surface area contributed by atoms with E-state index in [2.05, 4.69) is 23.4 Å². The molecule has 0 saturated heterocycles. The van der Waals surface area contributed by atoms with Gasteiger partial charge in [-0.1, -0.05) is 18.5 Å². The molecule has 2 heterocycles. The lowest BCUT2D eigenvalue weighted by atomic mass is 10.0. The third-order valence-corrected chi connectivity index (χ3v) is 3.51. The number of nitrogens with zero attached hydrogens (tertiary/aromatic N) is 2. The van der Waals surface area contributed by atoms with E-state index in [1.807, 2.05) is 25.6 Å². The minimum Gasteiger partial charge on any atom is -0.466 e. The summed E-state index contributed by atoms with van der Waals surface area (Å²) in [6, 6.07) is 2.05. The molecule has 0 saturated carbocycles. The molecule has 2 rings (SSSR count). The summed E-state index contributed by atoms with van der Waals surface area (Å²) in [4.78, 5) is 0. The second-order valence-corrected chi connectivity index (χ2v) is 5.10. The number of hydrogen-bond acceptors (Lipinski definition) is 3. The highest BCUT2D eigenvalue weighted by atomic mass is 35.5. The van der Waals surface area contributed by atoms with Gasteiger partial charge < -0.3 is 9.73 Å². The highest BCUT2D eigenvalue weighted by molar-refractivity contribution is 6.31. The fourth-order valence-electron chi connectivity index (χ4n) is 2.43. The van der Waals surface area contributed by atoms with E-state index in [9.17, 15) is 0 Å². The zero-order valence-electron chi connectivity index (χ0n) is 11.8. The molecule has 0 amide bonds. The van der Waals surface area contributed by atoms with Crippen molar-refractivity contribution in [1.82, 2.24) is 15.1 Å². The summed E-state index contributed by atoms with van der Waals surface area (Å²) in [5, 5.41) is 8.35. The van der Waals surface area contributed by atoms with Crippen LogP contribution in [0.2, 0.25) is 5.02 Å². The van der Waals surface area contributed by atoms with Crippen LogP contribution in [0.5, 0.6) is 0 Å². The third-order valence-electron chi connectivity index (χ3n) is 3.22. The fraction of sp³-hybridized carbons (Fsp3) is 0.500. The Kier molecular flexibility index (Phi) is 4.32. The van der Waals surface area contributed by atoms with E-state index in [0.29, 0.717) is 5.02 Å². The van der Waals surface area contributed by atoms with E-state index in [-0.39, 0.29) is 6.04 Å². The SMILES string of the molecule is CCCn1ncc(Cl)c1C(NC)c1cc(C)oc1C. The minimum absolute atomic E-state index is 0.000926. The van der Waals surface area contributed by atoms with Crippen LogP contribution in [0.4, 0.5) is 0 Å². The summed E-state index contributed by atoms with van der Waals surface area (Å²) in [5.41, 5.74) is 2.11. The van der Waals surface area contributed by atoms with Gasteiger partial charge in [0.15, 0.2) is 0 Å². The van der Waals surface area contributed by atoms with Crippen molar-refractivity contribution >= 4 is 11.6 Å². The van der Waals surface area contributed by atoms with Crippen LogP contribution in [0.3, 0.4) is 0 Å². The van der Waals surface area contributed by atoms with Crippen molar-refractivity contribution in [3.05, 3.63) is 40.1 Å².